The Morgan fingerprint density at radius 2 is 1.81 bits per heavy atom. The van der Waals surface area contributed by atoms with Gasteiger partial charge in [-0.3, -0.25) is 4.79 Å². The predicted molar refractivity (Wildman–Crippen MR) is 84.0 cm³/mol. The number of hydrogen-bond acceptors (Lipinski definition) is 3. The first kappa shape index (κ1) is 14.9. The van der Waals surface area contributed by atoms with Crippen molar-refractivity contribution in [2.45, 2.75) is 19.4 Å². The van der Waals surface area contributed by atoms with Crippen molar-refractivity contribution in [1.82, 2.24) is 5.32 Å². The highest BCUT2D eigenvalue weighted by Crippen LogP contribution is 2.20. The number of amides is 1. The van der Waals surface area contributed by atoms with E-state index in [9.17, 15) is 4.79 Å². The molecule has 0 aromatic heterocycles. The topological polar surface area (TPSA) is 64.3 Å². The maximum atomic E-state index is 12.0. The van der Waals surface area contributed by atoms with E-state index in [0.29, 0.717) is 11.4 Å². The normalized spacial score (nSPS) is 11.7. The molecule has 1 unspecified atom stereocenters. The second-order valence-electron chi connectivity index (χ2n) is 4.77. The third-order valence-electron chi connectivity index (χ3n) is 3.22. The van der Waals surface area contributed by atoms with E-state index in [-0.39, 0.29) is 18.6 Å². The zero-order valence-electron chi connectivity index (χ0n) is 12.1. The number of rotatable bonds is 6. The molecule has 0 aliphatic heterocycles. The molecule has 0 aliphatic rings. The molecule has 4 nitrogen and oxygen atoms in total. The SMILES string of the molecule is CCC(NC(=O)COc1ccccc1N)c1ccccc1. The maximum absolute atomic E-state index is 12.0. The molecule has 0 aliphatic carbocycles. The molecule has 110 valence electrons. The summed E-state index contributed by atoms with van der Waals surface area (Å²) < 4.78 is 5.44. The number of para-hydroxylation sites is 2. The van der Waals surface area contributed by atoms with Crippen LogP contribution in [0, 0.1) is 0 Å². The molecule has 21 heavy (non-hydrogen) atoms. The van der Waals surface area contributed by atoms with E-state index >= 15 is 0 Å². The van der Waals surface area contributed by atoms with E-state index in [1.807, 2.05) is 49.4 Å². The van der Waals surface area contributed by atoms with Crippen LogP contribution in [0.25, 0.3) is 0 Å². The van der Waals surface area contributed by atoms with Gasteiger partial charge in [0, 0.05) is 0 Å². The zero-order chi connectivity index (χ0) is 15.1. The molecule has 1 atom stereocenters. The van der Waals surface area contributed by atoms with Crippen molar-refractivity contribution in [3.63, 3.8) is 0 Å². The second kappa shape index (κ2) is 7.33. The molecule has 0 saturated heterocycles. The lowest BCUT2D eigenvalue weighted by atomic mass is 10.0. The van der Waals surface area contributed by atoms with Crippen LogP contribution in [0.5, 0.6) is 5.75 Å². The molecule has 0 saturated carbocycles. The number of ether oxygens (including phenoxy) is 1. The third kappa shape index (κ3) is 4.24. The smallest absolute Gasteiger partial charge is 0.258 e. The van der Waals surface area contributed by atoms with Crippen LogP contribution in [-0.4, -0.2) is 12.5 Å². The van der Waals surface area contributed by atoms with Crippen molar-refractivity contribution < 1.29 is 9.53 Å². The van der Waals surface area contributed by atoms with Crippen molar-refractivity contribution >= 4 is 11.6 Å². The number of hydrogen-bond donors (Lipinski definition) is 2. The Labute approximate surface area is 124 Å². The van der Waals surface area contributed by atoms with Gasteiger partial charge in [0.15, 0.2) is 6.61 Å². The summed E-state index contributed by atoms with van der Waals surface area (Å²) in [7, 11) is 0. The van der Waals surface area contributed by atoms with E-state index in [0.717, 1.165) is 12.0 Å². The third-order valence-corrected chi connectivity index (χ3v) is 3.22. The lowest BCUT2D eigenvalue weighted by molar-refractivity contribution is -0.123. The predicted octanol–water partition coefficient (Wildman–Crippen LogP) is 2.92. The van der Waals surface area contributed by atoms with Gasteiger partial charge in [-0.25, -0.2) is 0 Å². The van der Waals surface area contributed by atoms with Crippen LogP contribution in [0.2, 0.25) is 0 Å². The van der Waals surface area contributed by atoms with Crippen LogP contribution in [0.4, 0.5) is 5.69 Å². The number of carbonyl (C=O) groups is 1. The van der Waals surface area contributed by atoms with Gasteiger partial charge in [0.1, 0.15) is 5.75 Å². The summed E-state index contributed by atoms with van der Waals surface area (Å²) in [6, 6.07) is 17.0. The summed E-state index contributed by atoms with van der Waals surface area (Å²) >= 11 is 0. The summed E-state index contributed by atoms with van der Waals surface area (Å²) in [6.07, 6.45) is 0.823. The van der Waals surface area contributed by atoms with Crippen LogP contribution in [0.15, 0.2) is 54.6 Å². The lowest BCUT2D eigenvalue weighted by Crippen LogP contribution is -2.32. The summed E-state index contributed by atoms with van der Waals surface area (Å²) in [5, 5.41) is 2.97. The van der Waals surface area contributed by atoms with Crippen LogP contribution in [-0.2, 0) is 4.79 Å². The van der Waals surface area contributed by atoms with E-state index in [2.05, 4.69) is 5.32 Å². The first-order valence-corrected chi connectivity index (χ1v) is 7.02. The Hall–Kier alpha value is -2.49. The van der Waals surface area contributed by atoms with Crippen molar-refractivity contribution in [2.75, 3.05) is 12.3 Å². The molecule has 0 spiro atoms. The Bertz CT molecular complexity index is 584. The molecule has 3 N–H and O–H groups in total. The van der Waals surface area contributed by atoms with Gasteiger partial charge in [-0.15, -0.1) is 0 Å². The number of anilines is 1. The number of nitrogens with one attached hydrogen (secondary N) is 1. The van der Waals surface area contributed by atoms with E-state index < -0.39 is 0 Å². The molecular formula is C17H20N2O2. The summed E-state index contributed by atoms with van der Waals surface area (Å²) in [6.45, 7) is 1.99. The second-order valence-corrected chi connectivity index (χ2v) is 4.77. The monoisotopic (exact) mass is 284 g/mol. The van der Waals surface area contributed by atoms with Gasteiger partial charge in [0.25, 0.3) is 5.91 Å². The Morgan fingerprint density at radius 1 is 1.14 bits per heavy atom. The quantitative estimate of drug-likeness (QED) is 0.802. The van der Waals surface area contributed by atoms with Crippen LogP contribution < -0.4 is 15.8 Å². The largest absolute Gasteiger partial charge is 0.482 e. The van der Waals surface area contributed by atoms with Crippen molar-refractivity contribution in [3.8, 4) is 5.75 Å². The van der Waals surface area contributed by atoms with E-state index in [1.54, 1.807) is 12.1 Å². The fraction of sp³-hybridized carbons (Fsp3) is 0.235. The van der Waals surface area contributed by atoms with E-state index in [1.165, 1.54) is 0 Å². The lowest BCUT2D eigenvalue weighted by Gasteiger charge is -2.17. The van der Waals surface area contributed by atoms with Gasteiger partial charge < -0.3 is 15.8 Å². The Balaban J connectivity index is 1.90. The van der Waals surface area contributed by atoms with Crippen molar-refractivity contribution in [1.29, 1.82) is 0 Å². The molecule has 2 rings (SSSR count). The summed E-state index contributed by atoms with van der Waals surface area (Å²) in [5.74, 6) is 0.370. The Morgan fingerprint density at radius 3 is 2.48 bits per heavy atom. The van der Waals surface area contributed by atoms with Crippen LogP contribution in [0.3, 0.4) is 0 Å². The fourth-order valence-corrected chi connectivity index (χ4v) is 2.10. The summed E-state index contributed by atoms with van der Waals surface area (Å²) in [5.41, 5.74) is 7.39. The molecule has 0 heterocycles. The fourth-order valence-electron chi connectivity index (χ4n) is 2.10. The molecule has 0 fully saturated rings. The first-order chi connectivity index (χ1) is 10.2. The molecule has 0 radical (unpaired) electrons. The molecule has 1 amide bonds. The van der Waals surface area contributed by atoms with Gasteiger partial charge in [-0.05, 0) is 24.1 Å². The van der Waals surface area contributed by atoms with Crippen LogP contribution >= 0.6 is 0 Å². The standard InChI is InChI=1S/C17H20N2O2/c1-2-15(13-8-4-3-5-9-13)19-17(20)12-21-16-11-7-6-10-14(16)18/h3-11,15H,2,12,18H2,1H3,(H,19,20). The van der Waals surface area contributed by atoms with Crippen molar-refractivity contribution in [3.05, 3.63) is 60.2 Å². The van der Waals surface area contributed by atoms with Crippen molar-refractivity contribution in [2.24, 2.45) is 0 Å². The van der Waals surface area contributed by atoms with Gasteiger partial charge in [0.2, 0.25) is 0 Å². The number of nitrogens with two attached hydrogens (primary N) is 1. The van der Waals surface area contributed by atoms with E-state index in [4.69, 9.17) is 10.5 Å². The Kier molecular flexibility index (Phi) is 5.21. The average Bonchev–Trinajstić information content (AvgIpc) is 2.52. The minimum atomic E-state index is -0.158. The highest BCUT2D eigenvalue weighted by Gasteiger charge is 2.13. The number of benzene rings is 2. The molecule has 0 bridgehead atoms. The van der Waals surface area contributed by atoms with Gasteiger partial charge in [-0.2, -0.15) is 0 Å². The van der Waals surface area contributed by atoms with Gasteiger partial charge >= 0.3 is 0 Å². The van der Waals surface area contributed by atoms with Gasteiger partial charge in [-0.1, -0.05) is 49.4 Å². The highest BCUT2D eigenvalue weighted by atomic mass is 16.5. The minimum Gasteiger partial charge on any atom is -0.482 e. The first-order valence-electron chi connectivity index (χ1n) is 7.02. The number of carbonyl (C=O) groups excluding carboxylic acids is 1. The molecule has 2 aromatic rings. The summed E-state index contributed by atoms with van der Waals surface area (Å²) in [4.78, 5) is 12.0. The molecular weight excluding hydrogens is 264 g/mol. The molecule has 2 aromatic carbocycles. The zero-order valence-corrected chi connectivity index (χ0v) is 12.1. The average molecular weight is 284 g/mol. The minimum absolute atomic E-state index is 0.00424. The highest BCUT2D eigenvalue weighted by molar-refractivity contribution is 5.78. The number of nitrogen functional groups attached to an aromatic ring is 1. The maximum Gasteiger partial charge on any atom is 0.258 e. The van der Waals surface area contributed by atoms with Crippen LogP contribution in [0.1, 0.15) is 24.9 Å². The van der Waals surface area contributed by atoms with Gasteiger partial charge in [0.05, 0.1) is 11.7 Å². The molecule has 4 heteroatoms.